The van der Waals surface area contributed by atoms with E-state index in [-0.39, 0.29) is 0 Å². The zero-order valence-electron chi connectivity index (χ0n) is 11.2. The fourth-order valence-electron chi connectivity index (χ4n) is 3.32. The molecule has 1 fully saturated rings. The zero-order chi connectivity index (χ0) is 12.4. The average Bonchev–Trinajstić information content (AvgIpc) is 2.83. The van der Waals surface area contributed by atoms with E-state index in [1.807, 2.05) is 0 Å². The van der Waals surface area contributed by atoms with Gasteiger partial charge in [-0.05, 0) is 25.3 Å². The van der Waals surface area contributed by atoms with Gasteiger partial charge in [0.15, 0.2) is 0 Å². The topological polar surface area (TPSA) is 15.6 Å². The van der Waals surface area contributed by atoms with E-state index in [9.17, 15) is 0 Å². The molecule has 1 aliphatic heterocycles. The molecule has 0 saturated heterocycles. The van der Waals surface area contributed by atoms with Crippen LogP contribution >= 0.6 is 0 Å². The van der Waals surface area contributed by atoms with Crippen LogP contribution in [0.4, 0.5) is 0 Å². The highest BCUT2D eigenvalue weighted by atomic mass is 15.3. The summed E-state index contributed by atoms with van der Waals surface area (Å²) in [6.07, 6.45) is 6.92. The van der Waals surface area contributed by atoms with E-state index in [1.165, 1.54) is 43.5 Å². The number of nitrogens with zero attached hydrogens (tertiary/aromatic N) is 2. The Labute approximate surface area is 110 Å². The lowest BCUT2D eigenvalue weighted by Crippen LogP contribution is -2.38. The highest BCUT2D eigenvalue weighted by molar-refractivity contribution is 5.82. The highest BCUT2D eigenvalue weighted by Crippen LogP contribution is 2.30. The second-order valence-corrected chi connectivity index (χ2v) is 5.55. The van der Waals surface area contributed by atoms with Crippen molar-refractivity contribution in [3.05, 3.63) is 35.9 Å². The number of amidine groups is 1. The van der Waals surface area contributed by atoms with Crippen molar-refractivity contribution in [1.82, 2.24) is 4.90 Å². The molecule has 0 bridgehead atoms. The number of hydrogen-bond donors (Lipinski definition) is 0. The molecule has 1 aromatic rings. The summed E-state index contributed by atoms with van der Waals surface area (Å²) in [7, 11) is 0. The SMILES string of the molecule is CC1=NC(c2ccccc2)CN1C1CCCCC1. The molecule has 0 aromatic heterocycles. The second-order valence-electron chi connectivity index (χ2n) is 5.55. The molecular weight excluding hydrogens is 220 g/mol. The van der Waals surface area contributed by atoms with Gasteiger partial charge in [0, 0.05) is 12.6 Å². The van der Waals surface area contributed by atoms with Crippen LogP contribution in [0.25, 0.3) is 0 Å². The Morgan fingerprint density at radius 2 is 1.78 bits per heavy atom. The molecule has 1 saturated carbocycles. The Balaban J connectivity index is 1.72. The Bertz CT molecular complexity index is 418. The molecule has 1 aliphatic carbocycles. The van der Waals surface area contributed by atoms with E-state index in [2.05, 4.69) is 42.2 Å². The standard InChI is InChI=1S/C16H22N2/c1-13-17-16(14-8-4-2-5-9-14)12-18(13)15-10-6-3-7-11-15/h2,4-5,8-9,15-16H,3,6-7,10-12H2,1H3. The van der Waals surface area contributed by atoms with Crippen LogP contribution in [0.3, 0.4) is 0 Å². The highest BCUT2D eigenvalue weighted by Gasteiger charge is 2.29. The fraction of sp³-hybridized carbons (Fsp3) is 0.562. The van der Waals surface area contributed by atoms with Crippen molar-refractivity contribution in [3.63, 3.8) is 0 Å². The normalized spacial score (nSPS) is 25.3. The summed E-state index contributed by atoms with van der Waals surface area (Å²) < 4.78 is 0. The number of benzene rings is 1. The summed E-state index contributed by atoms with van der Waals surface area (Å²) in [6, 6.07) is 11.8. The van der Waals surface area contributed by atoms with E-state index in [0.29, 0.717) is 6.04 Å². The van der Waals surface area contributed by atoms with Gasteiger partial charge in [-0.25, -0.2) is 0 Å². The molecule has 2 aliphatic rings. The lowest BCUT2D eigenvalue weighted by Gasteiger charge is -2.33. The van der Waals surface area contributed by atoms with E-state index in [1.54, 1.807) is 0 Å². The third kappa shape index (κ3) is 2.29. The van der Waals surface area contributed by atoms with Gasteiger partial charge in [0.25, 0.3) is 0 Å². The third-order valence-electron chi connectivity index (χ3n) is 4.33. The zero-order valence-corrected chi connectivity index (χ0v) is 11.2. The Hall–Kier alpha value is -1.31. The van der Waals surface area contributed by atoms with Gasteiger partial charge in [0.2, 0.25) is 0 Å². The van der Waals surface area contributed by atoms with Gasteiger partial charge >= 0.3 is 0 Å². The molecule has 2 nitrogen and oxygen atoms in total. The largest absolute Gasteiger partial charge is 0.355 e. The number of hydrogen-bond acceptors (Lipinski definition) is 2. The molecule has 1 aromatic carbocycles. The maximum atomic E-state index is 4.86. The number of aliphatic imine (C=N–C) groups is 1. The van der Waals surface area contributed by atoms with Gasteiger partial charge in [-0.1, -0.05) is 49.6 Å². The fourth-order valence-corrected chi connectivity index (χ4v) is 3.32. The molecule has 1 heterocycles. The summed E-state index contributed by atoms with van der Waals surface area (Å²) in [6.45, 7) is 3.26. The maximum Gasteiger partial charge on any atom is 0.0969 e. The van der Waals surface area contributed by atoms with Crippen molar-refractivity contribution in [3.8, 4) is 0 Å². The summed E-state index contributed by atoms with van der Waals surface area (Å²) in [5, 5.41) is 0. The average molecular weight is 242 g/mol. The summed E-state index contributed by atoms with van der Waals surface area (Å²) >= 11 is 0. The minimum absolute atomic E-state index is 0.355. The van der Waals surface area contributed by atoms with Gasteiger partial charge in [-0.15, -0.1) is 0 Å². The Morgan fingerprint density at radius 3 is 2.50 bits per heavy atom. The Morgan fingerprint density at radius 1 is 1.06 bits per heavy atom. The predicted molar refractivity (Wildman–Crippen MR) is 75.9 cm³/mol. The first kappa shape index (κ1) is 11.8. The summed E-state index contributed by atoms with van der Waals surface area (Å²) in [5.74, 6) is 1.25. The van der Waals surface area contributed by atoms with Crippen LogP contribution in [0, 0.1) is 0 Å². The van der Waals surface area contributed by atoms with Crippen LogP contribution in [0.15, 0.2) is 35.3 Å². The molecular formula is C16H22N2. The van der Waals surface area contributed by atoms with Crippen LogP contribution in [0.1, 0.15) is 50.6 Å². The molecule has 3 rings (SSSR count). The molecule has 18 heavy (non-hydrogen) atoms. The van der Waals surface area contributed by atoms with Crippen LogP contribution < -0.4 is 0 Å². The van der Waals surface area contributed by atoms with Gasteiger partial charge in [-0.2, -0.15) is 0 Å². The molecule has 1 unspecified atom stereocenters. The van der Waals surface area contributed by atoms with Crippen molar-refractivity contribution >= 4 is 5.84 Å². The third-order valence-corrected chi connectivity index (χ3v) is 4.33. The van der Waals surface area contributed by atoms with Gasteiger partial charge < -0.3 is 4.90 Å². The first-order valence-electron chi connectivity index (χ1n) is 7.20. The van der Waals surface area contributed by atoms with Crippen molar-refractivity contribution in [2.75, 3.05) is 6.54 Å². The molecule has 0 spiro atoms. The molecule has 1 atom stereocenters. The predicted octanol–water partition coefficient (Wildman–Crippen LogP) is 3.79. The van der Waals surface area contributed by atoms with E-state index in [4.69, 9.17) is 4.99 Å². The van der Waals surface area contributed by atoms with Crippen LogP contribution in [0.2, 0.25) is 0 Å². The molecule has 0 amide bonds. The first-order chi connectivity index (χ1) is 8.84. The molecule has 0 N–H and O–H groups in total. The smallest absolute Gasteiger partial charge is 0.0969 e. The van der Waals surface area contributed by atoms with Crippen molar-refractivity contribution < 1.29 is 0 Å². The van der Waals surface area contributed by atoms with Crippen LogP contribution in [-0.4, -0.2) is 23.3 Å². The minimum atomic E-state index is 0.355. The molecule has 96 valence electrons. The first-order valence-corrected chi connectivity index (χ1v) is 7.20. The maximum absolute atomic E-state index is 4.86. The van der Waals surface area contributed by atoms with E-state index < -0.39 is 0 Å². The lowest BCUT2D eigenvalue weighted by atomic mass is 9.94. The van der Waals surface area contributed by atoms with Gasteiger partial charge in [-0.3, -0.25) is 4.99 Å². The van der Waals surface area contributed by atoms with Crippen LogP contribution in [-0.2, 0) is 0 Å². The quantitative estimate of drug-likeness (QED) is 0.770. The molecule has 2 heteroatoms. The Kier molecular flexibility index (Phi) is 3.35. The lowest BCUT2D eigenvalue weighted by molar-refractivity contribution is 0.249. The van der Waals surface area contributed by atoms with Crippen molar-refractivity contribution in [2.45, 2.75) is 51.1 Å². The second kappa shape index (κ2) is 5.13. The van der Waals surface area contributed by atoms with Gasteiger partial charge in [0.1, 0.15) is 0 Å². The monoisotopic (exact) mass is 242 g/mol. The molecule has 0 radical (unpaired) electrons. The van der Waals surface area contributed by atoms with Gasteiger partial charge in [0.05, 0.1) is 11.9 Å². The van der Waals surface area contributed by atoms with Crippen molar-refractivity contribution in [2.24, 2.45) is 4.99 Å². The number of rotatable bonds is 2. The summed E-state index contributed by atoms with van der Waals surface area (Å²) in [4.78, 5) is 7.41. The van der Waals surface area contributed by atoms with E-state index >= 15 is 0 Å². The van der Waals surface area contributed by atoms with E-state index in [0.717, 1.165) is 12.6 Å². The van der Waals surface area contributed by atoms with Crippen molar-refractivity contribution in [1.29, 1.82) is 0 Å². The van der Waals surface area contributed by atoms with Crippen LogP contribution in [0.5, 0.6) is 0 Å². The summed E-state index contributed by atoms with van der Waals surface area (Å²) in [5.41, 5.74) is 1.36. The minimum Gasteiger partial charge on any atom is -0.355 e.